The molecule has 128 valence electrons. The van der Waals surface area contributed by atoms with E-state index in [1.54, 1.807) is 30.0 Å². The minimum atomic E-state index is -0.305. The first-order valence-electron chi connectivity index (χ1n) is 7.69. The summed E-state index contributed by atoms with van der Waals surface area (Å²) in [4.78, 5) is 13.4. The zero-order valence-corrected chi connectivity index (χ0v) is 15.3. The molecule has 7 heteroatoms. The van der Waals surface area contributed by atoms with E-state index in [-0.39, 0.29) is 17.8 Å². The summed E-state index contributed by atoms with van der Waals surface area (Å²) in [5, 5.41) is 11.3. The highest BCUT2D eigenvalue weighted by Gasteiger charge is 2.15. The molecule has 1 amide bonds. The van der Waals surface area contributed by atoms with Crippen LogP contribution in [0.2, 0.25) is 5.02 Å². The average Bonchev–Trinajstić information content (AvgIpc) is 3.03. The number of hydrogen-bond acceptors (Lipinski definition) is 5. The van der Waals surface area contributed by atoms with Gasteiger partial charge in [0.1, 0.15) is 0 Å². The molecule has 1 aromatic heterocycles. The quantitative estimate of drug-likeness (QED) is 0.627. The molecule has 3 rings (SSSR count). The maximum Gasteiger partial charge on any atom is 0.322 e. The highest BCUT2D eigenvalue weighted by molar-refractivity contribution is 7.99. The van der Waals surface area contributed by atoms with Crippen molar-refractivity contribution in [1.82, 2.24) is 10.2 Å². The SMILES string of the molecule is CC(C)Sc1cccc(C(=O)Nc2nnc(-c3ccccc3Cl)o2)c1. The van der Waals surface area contributed by atoms with Crippen LogP contribution in [0.4, 0.5) is 6.01 Å². The molecule has 0 bridgehead atoms. The second-order valence-electron chi connectivity index (χ2n) is 5.54. The molecule has 1 N–H and O–H groups in total. The number of thioether (sulfide) groups is 1. The minimum absolute atomic E-state index is 0.0295. The number of carbonyl (C=O) groups excluding carboxylic acids is 1. The lowest BCUT2D eigenvalue weighted by Gasteiger charge is -2.06. The molecule has 25 heavy (non-hydrogen) atoms. The van der Waals surface area contributed by atoms with Crippen LogP contribution >= 0.6 is 23.4 Å². The van der Waals surface area contributed by atoms with Gasteiger partial charge in [0.15, 0.2) is 0 Å². The van der Waals surface area contributed by atoms with Crippen LogP contribution in [-0.2, 0) is 0 Å². The van der Waals surface area contributed by atoms with Gasteiger partial charge < -0.3 is 4.42 Å². The molecule has 3 aromatic rings. The van der Waals surface area contributed by atoms with Crippen molar-refractivity contribution in [2.75, 3.05) is 5.32 Å². The molecule has 5 nitrogen and oxygen atoms in total. The van der Waals surface area contributed by atoms with Crippen molar-refractivity contribution in [3.05, 3.63) is 59.1 Å². The fourth-order valence-electron chi connectivity index (χ4n) is 2.17. The van der Waals surface area contributed by atoms with Crippen molar-refractivity contribution in [3.8, 4) is 11.5 Å². The Morgan fingerprint density at radius 3 is 2.72 bits per heavy atom. The van der Waals surface area contributed by atoms with E-state index in [0.717, 1.165) is 4.90 Å². The molecule has 0 aliphatic rings. The van der Waals surface area contributed by atoms with E-state index < -0.39 is 0 Å². The average molecular weight is 374 g/mol. The van der Waals surface area contributed by atoms with Crippen molar-refractivity contribution in [2.24, 2.45) is 0 Å². The Hall–Kier alpha value is -2.31. The molecule has 1 heterocycles. The van der Waals surface area contributed by atoms with Gasteiger partial charge in [-0.25, -0.2) is 0 Å². The van der Waals surface area contributed by atoms with E-state index in [1.165, 1.54) is 0 Å². The third-order valence-corrected chi connectivity index (χ3v) is 4.54. The summed E-state index contributed by atoms with van der Waals surface area (Å²) in [5.74, 6) is -0.0504. The van der Waals surface area contributed by atoms with E-state index in [1.807, 2.05) is 30.3 Å². The largest absolute Gasteiger partial charge is 0.403 e. The van der Waals surface area contributed by atoms with Gasteiger partial charge >= 0.3 is 6.01 Å². The first-order valence-corrected chi connectivity index (χ1v) is 8.95. The van der Waals surface area contributed by atoms with Gasteiger partial charge in [-0.1, -0.05) is 48.7 Å². The summed E-state index contributed by atoms with van der Waals surface area (Å²) in [5.41, 5.74) is 1.15. The molecule has 0 atom stereocenters. The van der Waals surface area contributed by atoms with Gasteiger partial charge in [0.2, 0.25) is 0 Å². The molecule has 0 aliphatic heterocycles. The lowest BCUT2D eigenvalue weighted by Crippen LogP contribution is -2.12. The number of nitrogens with zero attached hydrogens (tertiary/aromatic N) is 2. The zero-order valence-electron chi connectivity index (χ0n) is 13.7. The predicted octanol–water partition coefficient (Wildman–Crippen LogP) is 5.14. The van der Waals surface area contributed by atoms with Crippen molar-refractivity contribution in [2.45, 2.75) is 24.0 Å². The number of carbonyl (C=O) groups is 1. The first-order chi connectivity index (χ1) is 12.0. The van der Waals surface area contributed by atoms with Crippen LogP contribution < -0.4 is 5.32 Å². The third kappa shape index (κ3) is 4.41. The summed E-state index contributed by atoms with van der Waals surface area (Å²) >= 11 is 7.80. The summed E-state index contributed by atoms with van der Waals surface area (Å²) < 4.78 is 5.49. The normalized spacial score (nSPS) is 10.9. The number of amides is 1. The molecule has 0 saturated heterocycles. The first kappa shape index (κ1) is 17.5. The number of nitrogens with one attached hydrogen (secondary N) is 1. The Balaban J connectivity index is 1.75. The number of aromatic nitrogens is 2. The second kappa shape index (κ2) is 7.72. The van der Waals surface area contributed by atoms with Gasteiger partial charge in [-0.2, -0.15) is 0 Å². The molecular weight excluding hydrogens is 358 g/mol. The topological polar surface area (TPSA) is 68.0 Å². The highest BCUT2D eigenvalue weighted by Crippen LogP contribution is 2.27. The molecule has 0 aliphatic carbocycles. The fourth-order valence-corrected chi connectivity index (χ4v) is 3.28. The summed E-state index contributed by atoms with van der Waals surface area (Å²) in [6.45, 7) is 4.21. The molecular formula is C18H16ClN3O2S. The van der Waals surface area contributed by atoms with Crippen LogP contribution in [0.1, 0.15) is 24.2 Å². The maximum absolute atomic E-state index is 12.4. The van der Waals surface area contributed by atoms with Gasteiger partial charge in [-0.3, -0.25) is 10.1 Å². The number of benzene rings is 2. The Labute approximate surface area is 154 Å². The molecule has 0 unspecified atom stereocenters. The summed E-state index contributed by atoms with van der Waals surface area (Å²) in [7, 11) is 0. The Morgan fingerprint density at radius 1 is 1.16 bits per heavy atom. The van der Waals surface area contributed by atoms with Crippen LogP contribution in [0, 0.1) is 0 Å². The maximum atomic E-state index is 12.4. The van der Waals surface area contributed by atoms with Gasteiger partial charge in [0, 0.05) is 15.7 Å². The predicted molar refractivity (Wildman–Crippen MR) is 100 cm³/mol. The van der Waals surface area contributed by atoms with E-state index in [4.69, 9.17) is 16.0 Å². The lowest BCUT2D eigenvalue weighted by molar-refractivity contribution is 0.102. The van der Waals surface area contributed by atoms with E-state index in [2.05, 4.69) is 29.4 Å². The van der Waals surface area contributed by atoms with Gasteiger partial charge in [-0.05, 0) is 30.3 Å². The van der Waals surface area contributed by atoms with Crippen molar-refractivity contribution >= 4 is 35.3 Å². The van der Waals surface area contributed by atoms with Crippen molar-refractivity contribution in [1.29, 1.82) is 0 Å². The van der Waals surface area contributed by atoms with Crippen molar-refractivity contribution in [3.63, 3.8) is 0 Å². The number of rotatable bonds is 5. The molecule has 0 spiro atoms. The van der Waals surface area contributed by atoms with Crippen LogP contribution in [0.15, 0.2) is 57.8 Å². The number of hydrogen-bond donors (Lipinski definition) is 1. The van der Waals surface area contributed by atoms with E-state index in [0.29, 0.717) is 21.4 Å². The van der Waals surface area contributed by atoms with Crippen LogP contribution in [0.3, 0.4) is 0 Å². The summed E-state index contributed by atoms with van der Waals surface area (Å²) in [6, 6.07) is 14.6. The smallest absolute Gasteiger partial charge is 0.322 e. The van der Waals surface area contributed by atoms with Gasteiger partial charge in [-0.15, -0.1) is 16.9 Å². The Kier molecular flexibility index (Phi) is 5.40. The van der Waals surface area contributed by atoms with E-state index >= 15 is 0 Å². The zero-order chi connectivity index (χ0) is 17.8. The fraction of sp³-hybridized carbons (Fsp3) is 0.167. The van der Waals surface area contributed by atoms with E-state index in [9.17, 15) is 4.79 Å². The van der Waals surface area contributed by atoms with Gasteiger partial charge in [0.05, 0.1) is 10.6 Å². The summed E-state index contributed by atoms with van der Waals surface area (Å²) in [6.07, 6.45) is 0. The second-order valence-corrected chi connectivity index (χ2v) is 7.60. The molecule has 0 radical (unpaired) electrons. The standard InChI is InChI=1S/C18H16ClN3O2S/c1-11(2)25-13-7-5-6-12(10-13)16(23)20-18-22-21-17(24-18)14-8-3-4-9-15(14)19/h3-11H,1-2H3,(H,20,22,23). The monoisotopic (exact) mass is 373 g/mol. The Bertz CT molecular complexity index is 895. The lowest BCUT2D eigenvalue weighted by atomic mass is 10.2. The van der Waals surface area contributed by atoms with Crippen molar-refractivity contribution < 1.29 is 9.21 Å². The molecule has 0 fully saturated rings. The number of halogens is 1. The molecule has 2 aromatic carbocycles. The third-order valence-electron chi connectivity index (χ3n) is 3.22. The van der Waals surface area contributed by atoms with Crippen LogP contribution in [-0.4, -0.2) is 21.4 Å². The number of anilines is 1. The van der Waals surface area contributed by atoms with Crippen LogP contribution in [0.25, 0.3) is 11.5 Å². The minimum Gasteiger partial charge on any atom is -0.403 e. The Morgan fingerprint density at radius 2 is 1.96 bits per heavy atom. The van der Waals surface area contributed by atoms with Crippen LogP contribution in [0.5, 0.6) is 0 Å². The molecule has 0 saturated carbocycles. The van der Waals surface area contributed by atoms with Gasteiger partial charge in [0.25, 0.3) is 11.8 Å². The highest BCUT2D eigenvalue weighted by atomic mass is 35.5.